The Hall–Kier alpha value is -2.11. The molecule has 3 heterocycles. The van der Waals surface area contributed by atoms with Gasteiger partial charge in [-0.2, -0.15) is 5.26 Å². The van der Waals surface area contributed by atoms with Gasteiger partial charge in [-0.3, -0.25) is 9.69 Å². The van der Waals surface area contributed by atoms with Gasteiger partial charge >= 0.3 is 6.09 Å². The predicted octanol–water partition coefficient (Wildman–Crippen LogP) is 3.90. The van der Waals surface area contributed by atoms with Crippen LogP contribution in [0.15, 0.2) is 12.1 Å². The molecule has 3 fully saturated rings. The molecule has 33 heavy (non-hydrogen) atoms. The largest absolute Gasteiger partial charge is 0.444 e. The van der Waals surface area contributed by atoms with E-state index in [4.69, 9.17) is 4.74 Å². The van der Waals surface area contributed by atoms with Crippen LogP contribution in [0.4, 0.5) is 4.79 Å². The molecule has 7 nitrogen and oxygen atoms in total. The Morgan fingerprint density at radius 2 is 1.97 bits per heavy atom. The van der Waals surface area contributed by atoms with E-state index in [1.165, 1.54) is 17.7 Å². The predicted molar refractivity (Wildman–Crippen MR) is 128 cm³/mol. The first-order valence-electron chi connectivity index (χ1n) is 12.1. The highest BCUT2D eigenvalue weighted by molar-refractivity contribution is 7.12. The van der Waals surface area contributed by atoms with E-state index in [0.29, 0.717) is 12.3 Å². The minimum atomic E-state index is -0.611. The van der Waals surface area contributed by atoms with E-state index in [1.807, 2.05) is 20.8 Å². The molecule has 0 aromatic carbocycles. The molecular formula is C25H36N4O3S. The first-order chi connectivity index (χ1) is 15.6. The number of thiophene rings is 1. The fraction of sp³-hybridized carbons (Fsp3) is 0.720. The van der Waals surface area contributed by atoms with Crippen LogP contribution in [0.5, 0.6) is 0 Å². The molecule has 1 aromatic rings. The number of nitrogens with one attached hydrogen (secondary N) is 1. The summed E-state index contributed by atoms with van der Waals surface area (Å²) in [6.45, 7) is 7.74. The second-order valence-corrected chi connectivity index (χ2v) is 12.0. The van der Waals surface area contributed by atoms with Gasteiger partial charge in [0.2, 0.25) is 5.91 Å². The maximum atomic E-state index is 13.2. The van der Waals surface area contributed by atoms with Gasteiger partial charge in [-0.25, -0.2) is 4.79 Å². The second kappa shape index (κ2) is 9.63. The Bertz CT molecular complexity index is 909. The average Bonchev–Trinajstić information content (AvgIpc) is 3.48. The van der Waals surface area contributed by atoms with Gasteiger partial charge < -0.3 is 15.0 Å². The molecule has 0 unspecified atom stereocenters. The summed E-state index contributed by atoms with van der Waals surface area (Å²) in [5, 5.41) is 12.7. The van der Waals surface area contributed by atoms with Crippen molar-refractivity contribution in [3.63, 3.8) is 0 Å². The molecule has 180 valence electrons. The third kappa shape index (κ3) is 5.52. The molecule has 0 spiro atoms. The molecule has 0 radical (unpaired) electrons. The molecule has 8 heteroatoms. The Morgan fingerprint density at radius 1 is 1.24 bits per heavy atom. The maximum absolute atomic E-state index is 13.2. The standard InChI is InChI=1S/C25H36N4O3S/c1-25(2,3)32-24(31)29-19-6-5-17(13-19)22(29)23(30)27-18(15-26)14-20-7-8-21(33-20)16-9-11-28(4)12-10-16/h7-8,16-19,22H,5-6,9-14H2,1-4H3,(H,27,30)/t17-,18-,19+,22-/m0/s1. The van der Waals surface area contributed by atoms with E-state index < -0.39 is 23.8 Å². The van der Waals surface area contributed by atoms with Crippen molar-refractivity contribution in [3.8, 4) is 6.07 Å². The number of likely N-dealkylation sites (tertiary alicyclic amines) is 2. The Kier molecular flexibility index (Phi) is 7.01. The molecule has 1 aliphatic carbocycles. The number of fused-ring (bicyclic) bond motifs is 2. The van der Waals surface area contributed by atoms with Crippen LogP contribution in [0.3, 0.4) is 0 Å². The summed E-state index contributed by atoms with van der Waals surface area (Å²) in [6.07, 6.45) is 5.07. The van der Waals surface area contributed by atoms with Crippen molar-refractivity contribution in [2.24, 2.45) is 5.92 Å². The molecule has 4 rings (SSSR count). The number of amides is 2. The highest BCUT2D eigenvalue weighted by Crippen LogP contribution is 2.43. The molecule has 2 bridgehead atoms. The molecule has 2 amide bonds. The van der Waals surface area contributed by atoms with Crippen LogP contribution < -0.4 is 5.32 Å². The van der Waals surface area contributed by atoms with Crippen molar-refractivity contribution < 1.29 is 14.3 Å². The van der Waals surface area contributed by atoms with Crippen LogP contribution in [0.1, 0.15) is 68.5 Å². The second-order valence-electron chi connectivity index (χ2n) is 10.8. The number of hydrogen-bond acceptors (Lipinski definition) is 6. The smallest absolute Gasteiger partial charge is 0.411 e. The van der Waals surface area contributed by atoms with Gasteiger partial charge in [0.05, 0.1) is 6.07 Å². The van der Waals surface area contributed by atoms with E-state index in [-0.39, 0.29) is 17.9 Å². The Morgan fingerprint density at radius 3 is 2.64 bits per heavy atom. The average molecular weight is 473 g/mol. The van der Waals surface area contributed by atoms with Crippen molar-refractivity contribution in [1.82, 2.24) is 15.1 Å². The van der Waals surface area contributed by atoms with Gasteiger partial charge in [0, 0.05) is 22.2 Å². The zero-order valence-electron chi connectivity index (χ0n) is 20.2. The van der Waals surface area contributed by atoms with Crippen LogP contribution in [0.25, 0.3) is 0 Å². The molecule has 1 aromatic heterocycles. The van der Waals surface area contributed by atoms with E-state index in [9.17, 15) is 14.9 Å². The number of nitrogens with zero attached hydrogens (tertiary/aromatic N) is 3. The van der Waals surface area contributed by atoms with E-state index in [0.717, 1.165) is 37.2 Å². The number of ether oxygens (including phenoxy) is 1. The van der Waals surface area contributed by atoms with Gasteiger partial charge in [-0.05, 0) is 97.0 Å². The zero-order chi connectivity index (χ0) is 23.8. The van der Waals surface area contributed by atoms with Gasteiger partial charge in [0.15, 0.2) is 0 Å². The lowest BCUT2D eigenvalue weighted by Gasteiger charge is -2.35. The number of piperidine rings is 2. The summed E-state index contributed by atoms with van der Waals surface area (Å²) >= 11 is 1.76. The fourth-order valence-corrected chi connectivity index (χ4v) is 6.73. The van der Waals surface area contributed by atoms with Crippen molar-refractivity contribution in [3.05, 3.63) is 21.9 Å². The van der Waals surface area contributed by atoms with E-state index in [2.05, 4.69) is 35.5 Å². The van der Waals surface area contributed by atoms with Crippen molar-refractivity contribution in [2.75, 3.05) is 20.1 Å². The van der Waals surface area contributed by atoms with Gasteiger partial charge in [0.1, 0.15) is 17.7 Å². The number of carbonyl (C=O) groups is 2. The fourth-order valence-electron chi connectivity index (χ4n) is 5.51. The van der Waals surface area contributed by atoms with Gasteiger partial charge in [-0.15, -0.1) is 11.3 Å². The zero-order valence-corrected chi connectivity index (χ0v) is 21.0. The summed E-state index contributed by atoms with van der Waals surface area (Å²) in [4.78, 5) is 32.6. The van der Waals surface area contributed by atoms with Crippen molar-refractivity contribution in [2.45, 2.75) is 88.9 Å². The Labute approximate surface area is 201 Å². The molecule has 4 atom stereocenters. The molecule has 1 N–H and O–H groups in total. The SMILES string of the molecule is CN1CCC(c2ccc(C[C@@H](C#N)NC(=O)[C@@H]3[C@H]4CC[C@H](C4)N3C(=O)OC(C)(C)C)s2)CC1. The van der Waals surface area contributed by atoms with Crippen LogP contribution in [-0.4, -0.2) is 65.7 Å². The first-order valence-corrected chi connectivity index (χ1v) is 12.9. The lowest BCUT2D eigenvalue weighted by molar-refractivity contribution is -0.128. The van der Waals surface area contributed by atoms with Gasteiger partial charge in [0.25, 0.3) is 0 Å². The summed E-state index contributed by atoms with van der Waals surface area (Å²) in [7, 11) is 2.16. The van der Waals surface area contributed by atoms with Crippen LogP contribution in [0, 0.1) is 17.2 Å². The van der Waals surface area contributed by atoms with E-state index >= 15 is 0 Å². The number of rotatable bonds is 5. The molecule has 1 saturated carbocycles. The third-order valence-corrected chi connectivity index (χ3v) is 8.41. The number of hydrogen-bond donors (Lipinski definition) is 1. The summed E-state index contributed by atoms with van der Waals surface area (Å²) in [5.41, 5.74) is -0.611. The monoisotopic (exact) mass is 472 g/mol. The van der Waals surface area contributed by atoms with Crippen LogP contribution in [0.2, 0.25) is 0 Å². The minimum Gasteiger partial charge on any atom is -0.444 e. The highest BCUT2D eigenvalue weighted by Gasteiger charge is 2.52. The van der Waals surface area contributed by atoms with Crippen LogP contribution >= 0.6 is 11.3 Å². The maximum Gasteiger partial charge on any atom is 0.411 e. The Balaban J connectivity index is 1.38. The van der Waals surface area contributed by atoms with Crippen LogP contribution in [-0.2, 0) is 16.0 Å². The number of nitriles is 1. The van der Waals surface area contributed by atoms with Crippen molar-refractivity contribution in [1.29, 1.82) is 5.26 Å². The van der Waals surface area contributed by atoms with E-state index in [1.54, 1.807) is 16.2 Å². The highest BCUT2D eigenvalue weighted by atomic mass is 32.1. The molecule has 2 aliphatic heterocycles. The molecule has 2 saturated heterocycles. The summed E-state index contributed by atoms with van der Waals surface area (Å²) in [6, 6.07) is 5.44. The normalized spacial score (nSPS) is 26.8. The topological polar surface area (TPSA) is 85.7 Å². The van der Waals surface area contributed by atoms with Crippen molar-refractivity contribution >= 4 is 23.3 Å². The molecule has 3 aliphatic rings. The molecular weight excluding hydrogens is 436 g/mol. The quantitative estimate of drug-likeness (QED) is 0.703. The first kappa shape index (κ1) is 24.0. The summed E-state index contributed by atoms with van der Waals surface area (Å²) < 4.78 is 5.59. The lowest BCUT2D eigenvalue weighted by atomic mass is 9.96. The summed E-state index contributed by atoms with van der Waals surface area (Å²) in [5.74, 6) is 0.498. The minimum absolute atomic E-state index is 0.0514. The van der Waals surface area contributed by atoms with Gasteiger partial charge in [-0.1, -0.05) is 0 Å². The lowest BCUT2D eigenvalue weighted by Crippen LogP contribution is -2.55. The number of carbonyl (C=O) groups excluding carboxylic acids is 2. The third-order valence-electron chi connectivity index (χ3n) is 7.14.